The maximum atomic E-state index is 12.9. The summed E-state index contributed by atoms with van der Waals surface area (Å²) in [5.41, 5.74) is 9.14. The minimum Gasteiger partial charge on any atom is -0.444 e. The Morgan fingerprint density at radius 2 is 1.36 bits per heavy atom. The molecule has 2 saturated carbocycles. The second-order valence-electron chi connectivity index (χ2n) is 15.5. The standard InChI is InChI=1S/C22H21N3OS.C21H19N3O2/c1-13-10-15(8-9-23-13)20-24-12-19(27-20)14-4-7-17-18(11-14)25(16-5-6-16)21(26)22(17,2)3;1-21(2)16-8-5-13(10-18(16)24(20(21)25)15-6-7-15)19-23-17(12-26-19)14-4-3-9-22-11-14/h4,7-12,16H,5-6H2,1-3H3;3-5,8-12,15H,6-7H2,1-2H3. The number of hydrogen-bond acceptors (Lipinski definition) is 8. The number of aromatic nitrogens is 4. The Labute approximate surface area is 312 Å². The highest BCUT2D eigenvalue weighted by molar-refractivity contribution is 7.18. The van der Waals surface area contributed by atoms with E-state index in [1.54, 1.807) is 30.0 Å². The lowest BCUT2D eigenvalue weighted by Gasteiger charge is -2.19. The van der Waals surface area contributed by atoms with Crippen molar-refractivity contribution in [2.45, 2.75) is 83.2 Å². The Balaban J connectivity index is 0.000000141. The van der Waals surface area contributed by atoms with E-state index >= 15 is 0 Å². The van der Waals surface area contributed by atoms with Crippen LogP contribution < -0.4 is 9.80 Å². The molecule has 2 amide bonds. The highest BCUT2D eigenvalue weighted by Gasteiger charge is 2.50. The molecule has 2 aliphatic heterocycles. The fourth-order valence-electron chi connectivity index (χ4n) is 7.52. The van der Waals surface area contributed by atoms with Crippen LogP contribution in [0.15, 0.2) is 96.1 Å². The van der Waals surface area contributed by atoms with Crippen LogP contribution in [0.5, 0.6) is 0 Å². The van der Waals surface area contributed by atoms with Crippen molar-refractivity contribution in [2.75, 3.05) is 9.80 Å². The number of pyridine rings is 2. The number of anilines is 2. The molecule has 0 atom stereocenters. The van der Waals surface area contributed by atoms with E-state index < -0.39 is 10.8 Å². The van der Waals surface area contributed by atoms with Crippen LogP contribution in [0.2, 0.25) is 0 Å². The summed E-state index contributed by atoms with van der Waals surface area (Å²) >= 11 is 1.68. The van der Waals surface area contributed by atoms with Gasteiger partial charge in [-0.2, -0.15) is 0 Å². The smallest absolute Gasteiger partial charge is 0.237 e. The molecular formula is C43H40N6O3S. The van der Waals surface area contributed by atoms with Crippen molar-refractivity contribution in [3.63, 3.8) is 0 Å². The molecule has 9 nitrogen and oxygen atoms in total. The molecule has 0 N–H and O–H groups in total. The van der Waals surface area contributed by atoms with Crippen molar-refractivity contribution in [3.05, 3.63) is 109 Å². The Bertz CT molecular complexity index is 2410. The SMILES string of the molecule is CC1(C)C(=O)N(C2CC2)c2cc(-c3nc(-c4cccnc4)co3)ccc21.Cc1cc(-c2ncc(-c3ccc4c(c3)N(C3CC3)C(=O)C4(C)C)s2)ccn1. The van der Waals surface area contributed by atoms with Crippen LogP contribution in [0.3, 0.4) is 0 Å². The van der Waals surface area contributed by atoms with Gasteiger partial charge in [0.2, 0.25) is 17.7 Å². The van der Waals surface area contributed by atoms with Gasteiger partial charge in [0.25, 0.3) is 0 Å². The Kier molecular flexibility index (Phi) is 7.74. The number of rotatable bonds is 6. The number of benzene rings is 2. The largest absolute Gasteiger partial charge is 0.444 e. The summed E-state index contributed by atoms with van der Waals surface area (Å²) in [4.78, 5) is 48.6. The highest BCUT2D eigenvalue weighted by atomic mass is 32.1. The Morgan fingerprint density at radius 1 is 0.717 bits per heavy atom. The molecule has 2 fully saturated rings. The number of amides is 2. The highest BCUT2D eigenvalue weighted by Crippen LogP contribution is 2.49. The molecule has 266 valence electrons. The molecular weight excluding hydrogens is 681 g/mol. The summed E-state index contributed by atoms with van der Waals surface area (Å²) in [5, 5.41) is 0.992. The Morgan fingerprint density at radius 3 is 1.96 bits per heavy atom. The monoisotopic (exact) mass is 720 g/mol. The molecule has 0 unspecified atom stereocenters. The number of oxazole rings is 1. The van der Waals surface area contributed by atoms with Crippen molar-refractivity contribution >= 4 is 34.5 Å². The Hall–Kier alpha value is -5.48. The molecule has 10 heteroatoms. The topological polar surface area (TPSA) is 105 Å². The van der Waals surface area contributed by atoms with Gasteiger partial charge in [0.15, 0.2) is 0 Å². The van der Waals surface area contributed by atoms with Crippen molar-refractivity contribution < 1.29 is 14.0 Å². The molecule has 6 heterocycles. The van der Waals surface area contributed by atoms with E-state index in [2.05, 4.69) is 44.2 Å². The minimum absolute atomic E-state index is 0.190. The van der Waals surface area contributed by atoms with Gasteiger partial charge in [-0.25, -0.2) is 9.97 Å². The first kappa shape index (κ1) is 33.4. The minimum atomic E-state index is -0.478. The van der Waals surface area contributed by atoms with Crippen molar-refractivity contribution in [3.8, 4) is 43.7 Å². The molecule has 6 aromatic rings. The first-order valence-corrected chi connectivity index (χ1v) is 19.0. The lowest BCUT2D eigenvalue weighted by atomic mass is 9.86. The number of carbonyl (C=O) groups is 2. The lowest BCUT2D eigenvalue weighted by molar-refractivity contribution is -0.122. The quantitative estimate of drug-likeness (QED) is 0.169. The van der Waals surface area contributed by atoms with E-state index in [0.29, 0.717) is 18.0 Å². The molecule has 4 aliphatic rings. The summed E-state index contributed by atoms with van der Waals surface area (Å²) in [7, 11) is 0. The fourth-order valence-corrected chi connectivity index (χ4v) is 8.43. The van der Waals surface area contributed by atoms with Crippen LogP contribution in [0.4, 0.5) is 11.4 Å². The van der Waals surface area contributed by atoms with E-state index in [1.165, 1.54) is 0 Å². The molecule has 4 aromatic heterocycles. The predicted octanol–water partition coefficient (Wildman–Crippen LogP) is 9.16. The summed E-state index contributed by atoms with van der Waals surface area (Å²) in [5.74, 6) is 0.976. The van der Waals surface area contributed by atoms with Crippen molar-refractivity contribution in [1.29, 1.82) is 0 Å². The molecule has 10 rings (SSSR count). The van der Waals surface area contributed by atoms with Gasteiger partial charge in [-0.3, -0.25) is 19.6 Å². The average Bonchev–Trinajstić information content (AvgIpc) is 4.04. The van der Waals surface area contributed by atoms with E-state index in [9.17, 15) is 9.59 Å². The van der Waals surface area contributed by atoms with E-state index in [0.717, 1.165) is 91.7 Å². The third-order valence-corrected chi connectivity index (χ3v) is 11.9. The van der Waals surface area contributed by atoms with Gasteiger partial charge in [0, 0.05) is 70.6 Å². The number of thiazole rings is 1. The number of aryl methyl sites for hydroxylation is 1. The predicted molar refractivity (Wildman–Crippen MR) is 208 cm³/mol. The maximum Gasteiger partial charge on any atom is 0.237 e. The normalized spacial score (nSPS) is 18.1. The van der Waals surface area contributed by atoms with Crippen molar-refractivity contribution in [2.24, 2.45) is 0 Å². The second-order valence-corrected chi connectivity index (χ2v) is 16.6. The van der Waals surface area contributed by atoms with Crippen LogP contribution in [0.25, 0.3) is 43.7 Å². The van der Waals surface area contributed by atoms with Gasteiger partial charge in [-0.1, -0.05) is 18.2 Å². The molecule has 2 aromatic carbocycles. The first-order valence-electron chi connectivity index (χ1n) is 18.2. The summed E-state index contributed by atoms with van der Waals surface area (Å²) in [6.07, 6.45) is 13.3. The average molecular weight is 721 g/mol. The molecule has 0 saturated heterocycles. The number of hydrogen-bond donors (Lipinski definition) is 0. The van der Waals surface area contributed by atoms with E-state index in [4.69, 9.17) is 4.42 Å². The van der Waals surface area contributed by atoms with Gasteiger partial charge in [0.05, 0.1) is 15.7 Å². The third kappa shape index (κ3) is 5.76. The van der Waals surface area contributed by atoms with Crippen molar-refractivity contribution in [1.82, 2.24) is 19.9 Å². The van der Waals surface area contributed by atoms with Gasteiger partial charge >= 0.3 is 0 Å². The second kappa shape index (κ2) is 12.3. The third-order valence-electron chi connectivity index (χ3n) is 10.8. The summed E-state index contributed by atoms with van der Waals surface area (Å²) in [6.45, 7) is 10.1. The van der Waals surface area contributed by atoms with Crippen LogP contribution in [0.1, 0.15) is 70.2 Å². The zero-order valence-corrected chi connectivity index (χ0v) is 31.3. The summed E-state index contributed by atoms with van der Waals surface area (Å²) in [6, 6.07) is 21.1. The number of carbonyl (C=O) groups excluding carboxylic acids is 2. The van der Waals surface area contributed by atoms with Gasteiger partial charge in [-0.05, 0) is 119 Å². The fraction of sp³-hybridized carbons (Fsp3) is 0.302. The van der Waals surface area contributed by atoms with E-state index in [1.807, 2.05) is 93.2 Å². The van der Waals surface area contributed by atoms with Crippen LogP contribution >= 0.6 is 11.3 Å². The van der Waals surface area contributed by atoms with Crippen LogP contribution in [-0.4, -0.2) is 43.8 Å². The van der Waals surface area contributed by atoms with Gasteiger partial charge in [0.1, 0.15) is 17.0 Å². The number of nitrogens with zero attached hydrogens (tertiary/aromatic N) is 6. The molecule has 0 spiro atoms. The lowest BCUT2D eigenvalue weighted by Crippen LogP contribution is -2.37. The molecule has 2 aliphatic carbocycles. The molecule has 0 bridgehead atoms. The van der Waals surface area contributed by atoms with Crippen LogP contribution in [-0.2, 0) is 20.4 Å². The first-order chi connectivity index (χ1) is 25.5. The zero-order chi connectivity index (χ0) is 36.6. The number of fused-ring (bicyclic) bond motifs is 2. The molecule has 53 heavy (non-hydrogen) atoms. The van der Waals surface area contributed by atoms with Gasteiger partial charge in [-0.15, -0.1) is 11.3 Å². The van der Waals surface area contributed by atoms with Crippen LogP contribution in [0, 0.1) is 6.92 Å². The van der Waals surface area contributed by atoms with E-state index in [-0.39, 0.29) is 11.8 Å². The zero-order valence-electron chi connectivity index (χ0n) is 30.5. The van der Waals surface area contributed by atoms with Gasteiger partial charge < -0.3 is 14.2 Å². The maximum absolute atomic E-state index is 12.9. The molecule has 0 radical (unpaired) electrons. The summed E-state index contributed by atoms with van der Waals surface area (Å²) < 4.78 is 5.71.